The number of rotatable bonds is 3. The highest BCUT2D eigenvalue weighted by molar-refractivity contribution is 5.76. The van der Waals surface area contributed by atoms with Crippen LogP contribution in [0.3, 0.4) is 0 Å². The van der Waals surface area contributed by atoms with Crippen molar-refractivity contribution in [2.45, 2.75) is 31.3 Å². The summed E-state index contributed by atoms with van der Waals surface area (Å²) in [4.78, 5) is 22.0. The van der Waals surface area contributed by atoms with Gasteiger partial charge in [-0.15, -0.1) is 0 Å². The SMILES string of the molecule is NCCCC(=O)N1CC[C@]2(Cc3c(N)nc(N)nc3O2)C1. The fourth-order valence-electron chi connectivity index (χ4n) is 3.01. The maximum atomic E-state index is 12.1. The molecule has 2 aliphatic heterocycles. The maximum Gasteiger partial charge on any atom is 0.225 e. The quantitative estimate of drug-likeness (QED) is 0.669. The molecule has 3 heterocycles. The van der Waals surface area contributed by atoms with Crippen LogP contribution in [-0.4, -0.2) is 46.0 Å². The second-order valence-electron chi connectivity index (χ2n) is 5.67. The molecular formula is C13H20N6O2. The Kier molecular flexibility index (Phi) is 3.32. The lowest BCUT2D eigenvalue weighted by Gasteiger charge is -2.23. The smallest absolute Gasteiger partial charge is 0.225 e. The molecule has 6 N–H and O–H groups in total. The van der Waals surface area contributed by atoms with Crippen molar-refractivity contribution in [3.63, 3.8) is 0 Å². The van der Waals surface area contributed by atoms with Crippen molar-refractivity contribution in [3.8, 4) is 5.88 Å². The first-order valence-corrected chi connectivity index (χ1v) is 7.12. The minimum Gasteiger partial charge on any atom is -0.468 e. The lowest BCUT2D eigenvalue weighted by Crippen LogP contribution is -2.39. The molecular weight excluding hydrogens is 272 g/mol. The summed E-state index contributed by atoms with van der Waals surface area (Å²) < 4.78 is 5.97. The lowest BCUT2D eigenvalue weighted by atomic mass is 9.97. The van der Waals surface area contributed by atoms with Gasteiger partial charge < -0.3 is 26.8 Å². The van der Waals surface area contributed by atoms with Gasteiger partial charge in [-0.3, -0.25) is 4.79 Å². The van der Waals surface area contributed by atoms with Crippen molar-refractivity contribution in [2.24, 2.45) is 5.73 Å². The van der Waals surface area contributed by atoms with Crippen LogP contribution in [0.1, 0.15) is 24.8 Å². The summed E-state index contributed by atoms with van der Waals surface area (Å²) in [6.45, 7) is 1.75. The molecule has 1 spiro atoms. The van der Waals surface area contributed by atoms with Crippen LogP contribution >= 0.6 is 0 Å². The van der Waals surface area contributed by atoms with Gasteiger partial charge in [0.15, 0.2) is 0 Å². The molecule has 1 saturated heterocycles. The number of fused-ring (bicyclic) bond motifs is 1. The standard InChI is InChI=1S/C13H20N6O2/c14-4-1-2-9(20)19-5-3-13(7-19)6-8-10(15)17-12(16)18-11(8)21-13/h1-7,14H2,(H4,15,16,17,18)/t13-/m0/s1. The van der Waals surface area contributed by atoms with Gasteiger partial charge in [-0.1, -0.05) is 0 Å². The molecule has 8 nitrogen and oxygen atoms in total. The molecule has 1 aromatic rings. The first-order valence-electron chi connectivity index (χ1n) is 7.12. The summed E-state index contributed by atoms with van der Waals surface area (Å²) in [5, 5.41) is 0. The van der Waals surface area contributed by atoms with E-state index in [0.29, 0.717) is 50.6 Å². The minimum absolute atomic E-state index is 0.108. The Morgan fingerprint density at radius 2 is 2.19 bits per heavy atom. The fourth-order valence-corrected chi connectivity index (χ4v) is 3.01. The second kappa shape index (κ2) is 5.03. The fraction of sp³-hybridized carbons (Fsp3) is 0.615. The van der Waals surface area contributed by atoms with Gasteiger partial charge in [0.2, 0.25) is 17.7 Å². The third-order valence-electron chi connectivity index (χ3n) is 4.09. The molecule has 2 aliphatic rings. The van der Waals surface area contributed by atoms with Crippen LogP contribution in [0, 0.1) is 0 Å². The van der Waals surface area contributed by atoms with E-state index in [2.05, 4.69) is 9.97 Å². The number of carbonyl (C=O) groups excluding carboxylic acids is 1. The van der Waals surface area contributed by atoms with Crippen molar-refractivity contribution in [3.05, 3.63) is 5.56 Å². The van der Waals surface area contributed by atoms with Crippen LogP contribution in [0.2, 0.25) is 0 Å². The normalized spacial score (nSPS) is 23.4. The number of nitrogens with two attached hydrogens (primary N) is 3. The lowest BCUT2D eigenvalue weighted by molar-refractivity contribution is -0.130. The predicted octanol–water partition coefficient (Wildman–Crippen LogP) is -0.714. The highest BCUT2D eigenvalue weighted by atomic mass is 16.5. The first kappa shape index (κ1) is 13.9. The van der Waals surface area contributed by atoms with Gasteiger partial charge in [0.1, 0.15) is 11.4 Å². The zero-order valence-corrected chi connectivity index (χ0v) is 11.8. The molecule has 1 amide bonds. The van der Waals surface area contributed by atoms with Crippen LogP contribution in [0.4, 0.5) is 11.8 Å². The number of ether oxygens (including phenoxy) is 1. The molecule has 0 aromatic carbocycles. The van der Waals surface area contributed by atoms with Gasteiger partial charge in [0.25, 0.3) is 0 Å². The number of carbonyl (C=O) groups is 1. The van der Waals surface area contributed by atoms with Gasteiger partial charge in [-0.25, -0.2) is 0 Å². The maximum absolute atomic E-state index is 12.1. The van der Waals surface area contributed by atoms with Gasteiger partial charge in [-0.2, -0.15) is 9.97 Å². The van der Waals surface area contributed by atoms with Crippen LogP contribution in [0.5, 0.6) is 5.88 Å². The topological polar surface area (TPSA) is 133 Å². The Morgan fingerprint density at radius 3 is 2.95 bits per heavy atom. The van der Waals surface area contributed by atoms with Crippen molar-refractivity contribution in [2.75, 3.05) is 31.1 Å². The number of anilines is 2. The van der Waals surface area contributed by atoms with Crippen molar-refractivity contribution in [1.29, 1.82) is 0 Å². The Morgan fingerprint density at radius 1 is 1.38 bits per heavy atom. The molecule has 0 radical (unpaired) electrons. The zero-order valence-electron chi connectivity index (χ0n) is 11.8. The molecule has 0 unspecified atom stereocenters. The molecule has 114 valence electrons. The van der Waals surface area contributed by atoms with Crippen molar-refractivity contribution in [1.82, 2.24) is 14.9 Å². The molecule has 1 atom stereocenters. The molecule has 3 rings (SSSR count). The molecule has 0 aliphatic carbocycles. The monoisotopic (exact) mass is 292 g/mol. The summed E-state index contributed by atoms with van der Waals surface area (Å²) >= 11 is 0. The van der Waals surface area contributed by atoms with Crippen LogP contribution in [0.15, 0.2) is 0 Å². The number of aromatic nitrogens is 2. The molecule has 21 heavy (non-hydrogen) atoms. The summed E-state index contributed by atoms with van der Waals surface area (Å²) in [5.41, 5.74) is 17.3. The Labute approximate surface area is 122 Å². The molecule has 8 heteroatoms. The Bertz CT molecular complexity index is 578. The van der Waals surface area contributed by atoms with Gasteiger partial charge >= 0.3 is 0 Å². The van der Waals surface area contributed by atoms with Gasteiger partial charge in [0.05, 0.1) is 12.1 Å². The van der Waals surface area contributed by atoms with E-state index in [4.69, 9.17) is 21.9 Å². The molecule has 1 fully saturated rings. The van der Waals surface area contributed by atoms with Crippen LogP contribution in [0.25, 0.3) is 0 Å². The Balaban J connectivity index is 1.72. The van der Waals surface area contributed by atoms with E-state index in [-0.39, 0.29) is 11.9 Å². The number of nitrogens with zero attached hydrogens (tertiary/aromatic N) is 3. The van der Waals surface area contributed by atoms with E-state index in [1.165, 1.54) is 0 Å². The summed E-state index contributed by atoms with van der Waals surface area (Å²) in [5.74, 6) is 1.05. The third kappa shape index (κ3) is 2.46. The molecule has 0 bridgehead atoms. The highest BCUT2D eigenvalue weighted by Gasteiger charge is 2.47. The summed E-state index contributed by atoms with van der Waals surface area (Å²) in [6, 6.07) is 0. The Hall–Kier alpha value is -2.09. The second-order valence-corrected chi connectivity index (χ2v) is 5.67. The van der Waals surface area contributed by atoms with E-state index < -0.39 is 5.60 Å². The van der Waals surface area contributed by atoms with E-state index in [1.807, 2.05) is 4.90 Å². The average Bonchev–Trinajstić information content (AvgIpc) is 3.00. The van der Waals surface area contributed by atoms with E-state index >= 15 is 0 Å². The minimum atomic E-state index is -0.433. The number of amides is 1. The predicted molar refractivity (Wildman–Crippen MR) is 77.4 cm³/mol. The van der Waals surface area contributed by atoms with E-state index in [9.17, 15) is 4.79 Å². The summed E-state index contributed by atoms with van der Waals surface area (Å²) in [7, 11) is 0. The summed E-state index contributed by atoms with van der Waals surface area (Å²) in [6.07, 6.45) is 2.57. The number of likely N-dealkylation sites (tertiary alicyclic amines) is 1. The largest absolute Gasteiger partial charge is 0.468 e. The van der Waals surface area contributed by atoms with Gasteiger partial charge in [0, 0.05) is 25.8 Å². The first-order chi connectivity index (χ1) is 10.0. The number of hydrogen-bond donors (Lipinski definition) is 3. The number of hydrogen-bond acceptors (Lipinski definition) is 7. The third-order valence-corrected chi connectivity index (χ3v) is 4.09. The van der Waals surface area contributed by atoms with Gasteiger partial charge in [-0.05, 0) is 13.0 Å². The molecule has 1 aromatic heterocycles. The van der Waals surface area contributed by atoms with E-state index in [0.717, 1.165) is 12.0 Å². The van der Waals surface area contributed by atoms with Crippen molar-refractivity contribution < 1.29 is 9.53 Å². The number of nitrogen functional groups attached to an aromatic ring is 2. The van der Waals surface area contributed by atoms with E-state index in [1.54, 1.807) is 0 Å². The average molecular weight is 292 g/mol. The highest BCUT2D eigenvalue weighted by Crippen LogP contribution is 2.41. The van der Waals surface area contributed by atoms with Crippen molar-refractivity contribution >= 4 is 17.7 Å². The zero-order chi connectivity index (χ0) is 15.0. The van der Waals surface area contributed by atoms with Crippen LogP contribution in [-0.2, 0) is 11.2 Å². The van der Waals surface area contributed by atoms with Crippen LogP contribution < -0.4 is 21.9 Å². The molecule has 0 saturated carbocycles.